The van der Waals surface area contributed by atoms with Crippen molar-refractivity contribution in [2.24, 2.45) is 0 Å². The third-order valence-electron chi connectivity index (χ3n) is 12.7. The highest BCUT2D eigenvalue weighted by atomic mass is 35.5. The smallest absolute Gasteiger partial charge is 0.317 e. The number of hydrogen-bond donors (Lipinski definition) is 5. The molecule has 2 saturated heterocycles. The van der Waals surface area contributed by atoms with Gasteiger partial charge in [0.15, 0.2) is 5.69 Å². The number of aliphatic carboxylic acids is 2. The van der Waals surface area contributed by atoms with Gasteiger partial charge in [0.25, 0.3) is 12.4 Å². The zero-order valence-corrected chi connectivity index (χ0v) is 42.9. The van der Waals surface area contributed by atoms with Gasteiger partial charge in [0, 0.05) is 110 Å². The number of ether oxygens (including phenoxy) is 3. The minimum atomic E-state index is -0.987. The standard InChI is InChI=1S/C49H61Cl2N9O10.CH2O2/c1-5-55-11-13-56(15-16-58(29-45(65)66)18-17-57(14-12-55)28-44(63)64)27-43(62)52-10-9-42(61)53-35-8-6-7-32(21-35)37-25-38-41(26-40(37)68-4)70-30-39-46(48(67)59-19-20-69-31-49(59,2)3)54-60(47(38)39)36-23-33(50)22-34(51)24-36;2-1-3/h6-8,21-26H,5,9-20,27-31H2,1-4H3,(H,52,62)(H,53,61)(H,63,64)(H,65,66);1H,(H,2,3). The molecule has 394 valence electrons. The van der Waals surface area contributed by atoms with Gasteiger partial charge >= 0.3 is 11.9 Å². The number of halogens is 2. The SMILES string of the molecule is CCN1CCN(CC(=O)O)CCN(CC(=O)O)CCN(CC(=O)NCCC(=O)Nc2cccc(-c3cc4c(cc3OC)OCc3c(C(=O)N5CCOCC5(C)C)nn(-c5cc(Cl)cc(Cl)c5)c3-4)c2)CC1.O=CO. The van der Waals surface area contributed by atoms with Crippen LogP contribution in [-0.4, -0.2) is 203 Å². The van der Waals surface area contributed by atoms with Crippen molar-refractivity contribution in [2.45, 2.75) is 39.3 Å². The van der Waals surface area contributed by atoms with Crippen molar-refractivity contribution in [1.29, 1.82) is 0 Å². The molecule has 2 fully saturated rings. The predicted octanol–water partition coefficient (Wildman–Crippen LogP) is 4.22. The summed E-state index contributed by atoms with van der Waals surface area (Å²) in [5.74, 6) is -1.74. The molecule has 0 unspecified atom stereocenters. The lowest BCUT2D eigenvalue weighted by atomic mass is 9.95. The Morgan fingerprint density at radius 3 is 1.99 bits per heavy atom. The van der Waals surface area contributed by atoms with E-state index in [1.54, 1.807) is 51.9 Å². The third-order valence-corrected chi connectivity index (χ3v) is 13.1. The van der Waals surface area contributed by atoms with Crippen molar-refractivity contribution >= 4 is 65.0 Å². The molecule has 4 heterocycles. The van der Waals surface area contributed by atoms with Crippen LogP contribution in [0, 0.1) is 0 Å². The van der Waals surface area contributed by atoms with Crippen LogP contribution in [0.3, 0.4) is 0 Å². The summed E-state index contributed by atoms with van der Waals surface area (Å²) < 4.78 is 19.6. The summed E-state index contributed by atoms with van der Waals surface area (Å²) in [4.78, 5) is 82.0. The Hall–Kier alpha value is -6.33. The molecule has 4 aromatic rings. The van der Waals surface area contributed by atoms with Crippen LogP contribution in [0.4, 0.5) is 5.69 Å². The van der Waals surface area contributed by atoms with Gasteiger partial charge in [0.05, 0.1) is 56.9 Å². The molecule has 3 aliphatic rings. The van der Waals surface area contributed by atoms with Crippen molar-refractivity contribution < 1.29 is 58.3 Å². The van der Waals surface area contributed by atoms with E-state index in [-0.39, 0.29) is 69.1 Å². The van der Waals surface area contributed by atoms with Gasteiger partial charge in [-0.05, 0) is 62.4 Å². The Balaban J connectivity index is 0.00000283. The summed E-state index contributed by atoms with van der Waals surface area (Å²) in [6.07, 6.45) is 0.00128. The number of anilines is 1. The van der Waals surface area contributed by atoms with E-state index >= 15 is 0 Å². The number of hydrogen-bond acceptors (Lipinski definition) is 14. The molecule has 3 amide bonds. The molecule has 0 bridgehead atoms. The number of amides is 3. The molecule has 21 nitrogen and oxygen atoms in total. The van der Waals surface area contributed by atoms with Crippen molar-refractivity contribution in [2.75, 3.05) is 117 Å². The highest BCUT2D eigenvalue weighted by molar-refractivity contribution is 6.34. The van der Waals surface area contributed by atoms with E-state index in [9.17, 15) is 34.2 Å². The average Bonchev–Trinajstić information content (AvgIpc) is 3.73. The van der Waals surface area contributed by atoms with E-state index < -0.39 is 17.5 Å². The van der Waals surface area contributed by atoms with E-state index in [1.807, 2.05) is 54.8 Å². The van der Waals surface area contributed by atoms with E-state index in [2.05, 4.69) is 15.5 Å². The van der Waals surface area contributed by atoms with Crippen LogP contribution in [0.25, 0.3) is 28.1 Å². The molecule has 73 heavy (non-hydrogen) atoms. The number of nitrogens with zero attached hydrogens (tertiary/aromatic N) is 7. The number of carboxylic acids is 2. The molecule has 3 aliphatic heterocycles. The topological polar surface area (TPSA) is 249 Å². The Morgan fingerprint density at radius 2 is 1.41 bits per heavy atom. The van der Waals surface area contributed by atoms with Gasteiger partial charge in [-0.2, -0.15) is 5.10 Å². The van der Waals surface area contributed by atoms with Gasteiger partial charge in [-0.15, -0.1) is 0 Å². The Bertz CT molecular complexity index is 2610. The number of benzene rings is 3. The van der Waals surface area contributed by atoms with Gasteiger partial charge in [-0.1, -0.05) is 42.3 Å². The maximum absolute atomic E-state index is 14.4. The molecule has 23 heteroatoms. The molecular formula is C50H63Cl2N9O12. The minimum Gasteiger partial charge on any atom is -0.496 e. The first-order chi connectivity index (χ1) is 34.9. The molecule has 7 rings (SSSR count). The number of rotatable bonds is 15. The molecular weight excluding hydrogens is 990 g/mol. The van der Waals surface area contributed by atoms with Crippen LogP contribution in [0.15, 0.2) is 54.6 Å². The molecule has 1 aromatic heterocycles. The lowest BCUT2D eigenvalue weighted by Crippen LogP contribution is -2.55. The molecule has 3 aromatic carbocycles. The fourth-order valence-electron chi connectivity index (χ4n) is 8.97. The second kappa shape index (κ2) is 26.1. The monoisotopic (exact) mass is 1050 g/mol. The zero-order valence-electron chi connectivity index (χ0n) is 41.4. The summed E-state index contributed by atoms with van der Waals surface area (Å²) >= 11 is 13.0. The van der Waals surface area contributed by atoms with Crippen molar-refractivity contribution in [1.82, 2.24) is 39.6 Å². The lowest BCUT2D eigenvalue weighted by Gasteiger charge is -2.41. The fraction of sp³-hybridized carbons (Fsp3) is 0.460. The minimum absolute atomic E-state index is 0.00128. The summed E-state index contributed by atoms with van der Waals surface area (Å²) in [5, 5.41) is 37.4. The van der Waals surface area contributed by atoms with Crippen molar-refractivity contribution in [3.8, 4) is 39.6 Å². The highest BCUT2D eigenvalue weighted by Gasteiger charge is 2.39. The molecule has 0 radical (unpaired) electrons. The Kier molecular flexibility index (Phi) is 20.0. The average molecular weight is 1050 g/mol. The molecule has 0 atom stereocenters. The van der Waals surface area contributed by atoms with Gasteiger partial charge < -0.3 is 50.0 Å². The first-order valence-electron chi connectivity index (χ1n) is 23.8. The number of likely N-dealkylation sites (N-methyl/N-ethyl adjacent to an activating group) is 1. The Morgan fingerprint density at radius 1 is 0.808 bits per heavy atom. The Labute approximate surface area is 433 Å². The maximum atomic E-state index is 14.4. The number of methoxy groups -OCH3 is 1. The highest BCUT2D eigenvalue weighted by Crippen LogP contribution is 2.47. The second-order valence-corrected chi connectivity index (χ2v) is 19.1. The summed E-state index contributed by atoms with van der Waals surface area (Å²) in [6, 6.07) is 16.1. The summed E-state index contributed by atoms with van der Waals surface area (Å²) in [5.41, 5.74) is 3.98. The van der Waals surface area contributed by atoms with Crippen LogP contribution < -0.4 is 20.1 Å². The first-order valence-corrected chi connectivity index (χ1v) is 24.6. The fourth-order valence-corrected chi connectivity index (χ4v) is 9.49. The number of carbonyl (C=O) groups is 6. The van der Waals surface area contributed by atoms with Crippen molar-refractivity contribution in [3.63, 3.8) is 0 Å². The van der Waals surface area contributed by atoms with Gasteiger partial charge in [-0.25, -0.2) is 4.68 Å². The second-order valence-electron chi connectivity index (χ2n) is 18.3. The number of morpholine rings is 1. The maximum Gasteiger partial charge on any atom is 0.317 e. The lowest BCUT2D eigenvalue weighted by molar-refractivity contribution is -0.140. The van der Waals surface area contributed by atoms with E-state index in [1.165, 1.54) is 0 Å². The summed E-state index contributed by atoms with van der Waals surface area (Å²) in [6.45, 7) is 11.4. The van der Waals surface area contributed by atoms with Gasteiger partial charge in [0.2, 0.25) is 11.8 Å². The van der Waals surface area contributed by atoms with Crippen LogP contribution in [0.2, 0.25) is 10.0 Å². The van der Waals surface area contributed by atoms with Crippen LogP contribution in [0.5, 0.6) is 11.5 Å². The molecule has 0 saturated carbocycles. The zero-order chi connectivity index (χ0) is 52.8. The first kappa shape index (κ1) is 56.0. The number of carbonyl (C=O) groups excluding carboxylic acids is 3. The normalized spacial score (nSPS) is 16.7. The van der Waals surface area contributed by atoms with Crippen LogP contribution >= 0.6 is 23.2 Å². The molecule has 0 spiro atoms. The number of fused-ring (bicyclic) bond motifs is 3. The van der Waals surface area contributed by atoms with E-state index in [0.717, 1.165) is 6.54 Å². The third kappa shape index (κ3) is 15.1. The quantitative estimate of drug-likeness (QED) is 0.105. The number of aromatic nitrogens is 2. The van der Waals surface area contributed by atoms with Gasteiger partial charge in [0.1, 0.15) is 18.1 Å². The van der Waals surface area contributed by atoms with Gasteiger partial charge in [-0.3, -0.25) is 43.5 Å². The predicted molar refractivity (Wildman–Crippen MR) is 273 cm³/mol. The summed E-state index contributed by atoms with van der Waals surface area (Å²) in [7, 11) is 1.56. The molecule has 5 N–H and O–H groups in total. The molecule has 0 aliphatic carbocycles. The van der Waals surface area contributed by atoms with Crippen molar-refractivity contribution in [3.05, 3.63) is 75.9 Å². The number of carboxylic acid groups (broad SMARTS) is 3. The van der Waals surface area contributed by atoms with Crippen LogP contribution in [0.1, 0.15) is 43.2 Å². The van der Waals surface area contributed by atoms with Crippen LogP contribution in [-0.2, 0) is 35.3 Å². The number of nitrogens with one attached hydrogen (secondary N) is 2. The van der Waals surface area contributed by atoms with E-state index in [0.29, 0.717) is 133 Å². The van der Waals surface area contributed by atoms with E-state index in [4.69, 9.17) is 52.4 Å². The largest absolute Gasteiger partial charge is 0.496 e.